The molecule has 1 N–H and O–H groups in total. The zero-order chi connectivity index (χ0) is 23.6. The van der Waals surface area contributed by atoms with Crippen LogP contribution in [-0.2, 0) is 4.74 Å². The largest absolute Gasteiger partial charge is 0.444 e. The second-order valence-corrected chi connectivity index (χ2v) is 7.26. The summed E-state index contributed by atoms with van der Waals surface area (Å²) in [6.45, 7) is 1.09. The normalized spacial score (nSPS) is 20.6. The first-order valence-electron chi connectivity index (χ1n) is 11.5. The Balaban J connectivity index is 2.12. The van der Waals surface area contributed by atoms with Crippen molar-refractivity contribution in [1.82, 2.24) is 9.88 Å². The summed E-state index contributed by atoms with van der Waals surface area (Å²) < 4.78 is 51.1. The number of aromatic nitrogens is 1. The lowest BCUT2D eigenvalue weighted by molar-refractivity contribution is 0.0205. The number of pyridine rings is 1. The van der Waals surface area contributed by atoms with Gasteiger partial charge in [0.1, 0.15) is 5.60 Å². The van der Waals surface area contributed by atoms with Crippen molar-refractivity contribution in [3.05, 3.63) is 18.3 Å². The van der Waals surface area contributed by atoms with Gasteiger partial charge in [-0.05, 0) is 59.4 Å². The minimum atomic E-state index is -2.71. The number of hydrogen-bond donors (Lipinski definition) is 1. The fraction of sp³-hybridized carbons (Fsp3) is 0.684. The maximum absolute atomic E-state index is 12.3. The molecule has 0 aliphatic carbocycles. The van der Waals surface area contributed by atoms with Gasteiger partial charge in [-0.25, -0.2) is 9.78 Å². The minimum absolute atomic E-state index is 0.0492. The lowest BCUT2D eigenvalue weighted by Gasteiger charge is -2.38. The van der Waals surface area contributed by atoms with Crippen molar-refractivity contribution in [2.45, 2.75) is 65.0 Å². The van der Waals surface area contributed by atoms with Crippen molar-refractivity contribution < 1.29 is 17.8 Å². The van der Waals surface area contributed by atoms with Crippen LogP contribution in [0.2, 0.25) is 0 Å². The zero-order valence-electron chi connectivity index (χ0n) is 21.4. The van der Waals surface area contributed by atoms with Gasteiger partial charge in [-0.15, -0.1) is 0 Å². The molecule has 1 fully saturated rings. The third-order valence-electron chi connectivity index (χ3n) is 4.08. The average molecular weight is 355 g/mol. The summed E-state index contributed by atoms with van der Waals surface area (Å²) in [5.74, 6) is 0.469. The first-order chi connectivity index (χ1) is 14.1. The predicted molar refractivity (Wildman–Crippen MR) is 102 cm³/mol. The van der Waals surface area contributed by atoms with Gasteiger partial charge in [-0.2, -0.15) is 0 Å². The van der Waals surface area contributed by atoms with Gasteiger partial charge in [0.2, 0.25) is 0 Å². The molecular weight excluding hydrogens is 316 g/mol. The summed E-state index contributed by atoms with van der Waals surface area (Å²) in [6, 6.07) is 1.58. The third-order valence-corrected chi connectivity index (χ3v) is 4.08. The van der Waals surface area contributed by atoms with Crippen molar-refractivity contribution in [2.75, 3.05) is 30.4 Å². The monoisotopic (exact) mass is 354 g/mol. The van der Waals surface area contributed by atoms with E-state index in [9.17, 15) is 4.79 Å². The lowest BCUT2D eigenvalue weighted by Crippen LogP contribution is -2.47. The number of nitrogens with one attached hydrogen (secondary N) is 1. The maximum Gasteiger partial charge on any atom is 0.410 e. The van der Waals surface area contributed by atoms with Crippen molar-refractivity contribution in [2.24, 2.45) is 0 Å². The van der Waals surface area contributed by atoms with Crippen molar-refractivity contribution in [3.8, 4) is 0 Å². The molecule has 0 radical (unpaired) electrons. The number of anilines is 2. The van der Waals surface area contributed by atoms with E-state index in [0.29, 0.717) is 37.4 Å². The molecule has 0 unspecified atom stereocenters. The predicted octanol–water partition coefficient (Wildman–Crippen LogP) is 3.74. The number of hydrogen-bond acceptors (Lipinski definition) is 5. The summed E-state index contributed by atoms with van der Waals surface area (Å²) in [5, 5.41) is 2.69. The number of nitrogens with zero attached hydrogens (tertiary/aromatic N) is 3. The number of carbonyl (C=O) groups excluding carboxylic acids is 1. The fourth-order valence-electron chi connectivity index (χ4n) is 2.88. The molecule has 1 saturated heterocycles. The Labute approximate surface area is 160 Å². The number of rotatable bonds is 4. The molecule has 1 aromatic rings. The van der Waals surface area contributed by atoms with Crippen LogP contribution in [0.4, 0.5) is 16.3 Å². The number of piperidine rings is 1. The fourth-order valence-corrected chi connectivity index (χ4v) is 2.88. The summed E-state index contributed by atoms with van der Waals surface area (Å²) in [6.07, 6.45) is 2.58. The molecule has 2 heterocycles. The molecule has 1 aliphatic heterocycles. The first-order valence-corrected chi connectivity index (χ1v) is 8.52. The molecule has 0 bridgehead atoms. The molecule has 6 heteroatoms. The van der Waals surface area contributed by atoms with Crippen LogP contribution >= 0.6 is 0 Å². The van der Waals surface area contributed by atoms with Crippen molar-refractivity contribution >= 4 is 17.6 Å². The number of ether oxygens (including phenoxy) is 1. The Morgan fingerprint density at radius 1 is 1.44 bits per heavy atom. The molecule has 0 aromatic carbocycles. The molecule has 140 valence electrons. The summed E-state index contributed by atoms with van der Waals surface area (Å²) >= 11 is 0. The maximum atomic E-state index is 12.3. The molecule has 1 amide bonds. The van der Waals surface area contributed by atoms with Gasteiger partial charge in [0.05, 0.1) is 5.69 Å². The highest BCUT2D eigenvalue weighted by atomic mass is 16.6. The van der Waals surface area contributed by atoms with Crippen LogP contribution in [0, 0.1) is 0 Å². The van der Waals surface area contributed by atoms with E-state index in [2.05, 4.69) is 10.3 Å². The van der Waals surface area contributed by atoms with E-state index in [4.69, 9.17) is 13.0 Å². The van der Waals surface area contributed by atoms with E-state index in [1.807, 2.05) is 32.7 Å². The van der Waals surface area contributed by atoms with E-state index in [1.54, 1.807) is 23.2 Å². The number of likely N-dealkylation sites (tertiary alicyclic amines) is 1. The minimum Gasteiger partial charge on any atom is -0.444 e. The Kier molecular flexibility index (Phi) is 3.93. The van der Waals surface area contributed by atoms with Gasteiger partial charge in [0.15, 0.2) is 5.82 Å². The third kappa shape index (κ3) is 5.51. The second kappa shape index (κ2) is 7.93. The molecular formula is C19H32N4O2. The summed E-state index contributed by atoms with van der Waals surface area (Å²) in [5.41, 5.74) is -0.210. The highest BCUT2D eigenvalue weighted by molar-refractivity contribution is 5.68. The van der Waals surface area contributed by atoms with Crippen LogP contribution in [0.3, 0.4) is 0 Å². The van der Waals surface area contributed by atoms with E-state index >= 15 is 0 Å². The average Bonchev–Trinajstić information content (AvgIpc) is 2.62. The Bertz CT molecular complexity index is 741. The van der Waals surface area contributed by atoms with Gasteiger partial charge < -0.3 is 19.9 Å². The lowest BCUT2D eigenvalue weighted by atomic mass is 10.0. The molecule has 2 rings (SSSR count). The topological polar surface area (TPSA) is 57.7 Å². The molecule has 0 atom stereocenters. The van der Waals surface area contributed by atoms with Gasteiger partial charge >= 0.3 is 6.09 Å². The summed E-state index contributed by atoms with van der Waals surface area (Å²) in [4.78, 5) is 20.2. The Morgan fingerprint density at radius 3 is 2.72 bits per heavy atom. The van der Waals surface area contributed by atoms with Crippen LogP contribution in [0.15, 0.2) is 18.3 Å². The van der Waals surface area contributed by atoms with Gasteiger partial charge in [0, 0.05) is 46.6 Å². The standard InChI is InChI=1S/C19H32N4O2/c1-14(2)21-16-8-7-11-20-17(16)22(6)15-9-12-23(13-10-15)18(24)25-19(3,4)5/h7-8,11,14-15,21H,9-10,12-13H2,1-6H3/i1D3,2D3. The second-order valence-electron chi connectivity index (χ2n) is 7.26. The van der Waals surface area contributed by atoms with Gasteiger partial charge in [-0.3, -0.25) is 0 Å². The van der Waals surface area contributed by atoms with Gasteiger partial charge in [-0.1, -0.05) is 0 Å². The molecule has 0 spiro atoms. The Morgan fingerprint density at radius 2 is 2.12 bits per heavy atom. The Hall–Kier alpha value is -1.98. The molecule has 1 aromatic heterocycles. The van der Waals surface area contributed by atoms with Crippen LogP contribution in [0.25, 0.3) is 0 Å². The van der Waals surface area contributed by atoms with E-state index in [-0.39, 0.29) is 12.1 Å². The van der Waals surface area contributed by atoms with Crippen molar-refractivity contribution in [1.29, 1.82) is 0 Å². The van der Waals surface area contributed by atoms with Crippen LogP contribution in [0.5, 0.6) is 0 Å². The van der Waals surface area contributed by atoms with Crippen LogP contribution < -0.4 is 10.2 Å². The van der Waals surface area contributed by atoms with E-state index in [0.717, 1.165) is 0 Å². The highest BCUT2D eigenvalue weighted by Crippen LogP contribution is 2.27. The van der Waals surface area contributed by atoms with Gasteiger partial charge in [0.25, 0.3) is 0 Å². The van der Waals surface area contributed by atoms with Crippen molar-refractivity contribution in [3.63, 3.8) is 0 Å². The van der Waals surface area contributed by atoms with Crippen LogP contribution in [0.1, 0.15) is 55.5 Å². The number of amides is 1. The molecule has 0 saturated carbocycles. The first kappa shape index (κ1) is 12.4. The van der Waals surface area contributed by atoms with E-state index in [1.165, 1.54) is 0 Å². The smallest absolute Gasteiger partial charge is 0.410 e. The van der Waals surface area contributed by atoms with Crippen LogP contribution in [-0.4, -0.2) is 53.8 Å². The quantitative estimate of drug-likeness (QED) is 0.893. The summed E-state index contributed by atoms with van der Waals surface area (Å²) in [7, 11) is 1.83. The van der Waals surface area contributed by atoms with E-state index < -0.39 is 25.3 Å². The number of carbonyl (C=O) groups is 1. The zero-order valence-corrected chi connectivity index (χ0v) is 15.4. The molecule has 1 aliphatic rings. The molecule has 6 nitrogen and oxygen atoms in total. The SMILES string of the molecule is [2H]C([2H])([2H])C(Nc1cccnc1N(C)C1CCN(C(=O)OC(C)(C)C)CC1)C([2H])([2H])[2H]. The molecule has 25 heavy (non-hydrogen) atoms. The highest BCUT2D eigenvalue weighted by Gasteiger charge is 2.29.